The quantitative estimate of drug-likeness (QED) is 0.934. The van der Waals surface area contributed by atoms with Crippen molar-refractivity contribution in [1.82, 2.24) is 9.78 Å². The van der Waals surface area contributed by atoms with Gasteiger partial charge in [-0.25, -0.2) is 9.48 Å². The van der Waals surface area contributed by atoms with Gasteiger partial charge >= 0.3 is 5.97 Å². The van der Waals surface area contributed by atoms with Gasteiger partial charge in [-0.1, -0.05) is 18.5 Å². The van der Waals surface area contributed by atoms with Crippen LogP contribution in [0.15, 0.2) is 35.1 Å². The van der Waals surface area contributed by atoms with Crippen molar-refractivity contribution >= 4 is 17.6 Å². The van der Waals surface area contributed by atoms with E-state index in [0.717, 1.165) is 0 Å². The van der Waals surface area contributed by atoms with Crippen LogP contribution in [0, 0.1) is 0 Å². The van der Waals surface area contributed by atoms with Gasteiger partial charge in [0.2, 0.25) is 11.1 Å². The number of nitrogens with zero attached hydrogens (tertiary/aromatic N) is 2. The van der Waals surface area contributed by atoms with E-state index in [0.29, 0.717) is 22.8 Å². The largest absolute Gasteiger partial charge is 0.476 e. The van der Waals surface area contributed by atoms with Crippen molar-refractivity contribution in [2.75, 3.05) is 0 Å². The van der Waals surface area contributed by atoms with Crippen LogP contribution in [-0.2, 0) is 6.42 Å². The van der Waals surface area contributed by atoms with E-state index in [1.54, 1.807) is 24.3 Å². The molecular weight excluding hydrogens is 268 g/mol. The second kappa shape index (κ2) is 5.24. The summed E-state index contributed by atoms with van der Waals surface area (Å²) in [6.45, 7) is 1.86. The molecule has 0 saturated carbocycles. The fraction of sp³-hybridized carbons (Fsp3) is 0.154. The van der Waals surface area contributed by atoms with E-state index in [2.05, 4.69) is 5.10 Å². The molecule has 1 N–H and O–H groups in total. The van der Waals surface area contributed by atoms with E-state index in [9.17, 15) is 9.59 Å². The van der Waals surface area contributed by atoms with Crippen LogP contribution in [0.2, 0.25) is 5.02 Å². The zero-order valence-corrected chi connectivity index (χ0v) is 10.9. The number of hydrogen-bond acceptors (Lipinski definition) is 3. The third-order valence-corrected chi connectivity index (χ3v) is 2.89. The molecule has 0 saturated heterocycles. The zero-order valence-electron chi connectivity index (χ0n) is 10.1. The molecule has 2 rings (SSSR count). The second-order valence-electron chi connectivity index (χ2n) is 3.90. The van der Waals surface area contributed by atoms with E-state index >= 15 is 0 Å². The molecule has 1 aromatic heterocycles. The Morgan fingerprint density at radius 1 is 1.37 bits per heavy atom. The maximum absolute atomic E-state index is 11.6. The lowest BCUT2D eigenvalue weighted by Crippen LogP contribution is -2.23. The molecule has 0 fully saturated rings. The average molecular weight is 279 g/mol. The number of halogens is 1. The van der Waals surface area contributed by atoms with Gasteiger partial charge in [-0.05, 0) is 30.7 Å². The molecule has 0 amide bonds. The highest BCUT2D eigenvalue weighted by atomic mass is 35.5. The van der Waals surface area contributed by atoms with Gasteiger partial charge in [0.1, 0.15) is 0 Å². The minimum atomic E-state index is -1.34. The molecule has 0 aliphatic carbocycles. The molecule has 1 heterocycles. The molecule has 0 atom stereocenters. The van der Waals surface area contributed by atoms with Crippen LogP contribution in [0.25, 0.3) is 5.69 Å². The minimum absolute atomic E-state index is 0.493. The lowest BCUT2D eigenvalue weighted by molar-refractivity contribution is 0.0686. The Morgan fingerprint density at radius 3 is 2.53 bits per heavy atom. The van der Waals surface area contributed by atoms with Crippen LogP contribution in [-0.4, -0.2) is 20.9 Å². The number of benzene rings is 1. The summed E-state index contributed by atoms with van der Waals surface area (Å²) in [5.74, 6) is -1.34. The SMILES string of the molecule is CCc1cc(=O)c(C(=O)O)nn1-c1ccc(Cl)cc1. The van der Waals surface area contributed by atoms with Crippen LogP contribution in [0.5, 0.6) is 0 Å². The number of carboxylic acids is 1. The van der Waals surface area contributed by atoms with Crippen molar-refractivity contribution in [3.63, 3.8) is 0 Å². The summed E-state index contributed by atoms with van der Waals surface area (Å²) >= 11 is 5.81. The molecule has 0 aliphatic rings. The van der Waals surface area contributed by atoms with Crippen molar-refractivity contribution in [3.8, 4) is 5.69 Å². The summed E-state index contributed by atoms with van der Waals surface area (Å²) in [7, 11) is 0. The zero-order chi connectivity index (χ0) is 14.0. The van der Waals surface area contributed by atoms with Crippen molar-refractivity contribution in [1.29, 1.82) is 0 Å². The van der Waals surface area contributed by atoms with Crippen molar-refractivity contribution < 1.29 is 9.90 Å². The van der Waals surface area contributed by atoms with Crippen molar-refractivity contribution in [3.05, 3.63) is 57.0 Å². The lowest BCUT2D eigenvalue weighted by atomic mass is 10.2. The van der Waals surface area contributed by atoms with Gasteiger partial charge in [0.05, 0.1) is 5.69 Å². The second-order valence-corrected chi connectivity index (χ2v) is 4.33. The molecule has 5 nitrogen and oxygen atoms in total. The van der Waals surface area contributed by atoms with Crippen LogP contribution < -0.4 is 5.43 Å². The number of aromatic nitrogens is 2. The first-order valence-corrected chi connectivity index (χ1v) is 6.03. The monoisotopic (exact) mass is 278 g/mol. The highest BCUT2D eigenvalue weighted by Crippen LogP contribution is 2.14. The molecule has 0 radical (unpaired) electrons. The van der Waals surface area contributed by atoms with Gasteiger partial charge < -0.3 is 5.11 Å². The molecule has 0 aliphatic heterocycles. The number of rotatable bonds is 3. The molecule has 2 aromatic rings. The topological polar surface area (TPSA) is 72.2 Å². The minimum Gasteiger partial charge on any atom is -0.476 e. The molecule has 6 heteroatoms. The Labute approximate surface area is 114 Å². The predicted octanol–water partition coefficient (Wildman–Crippen LogP) is 2.15. The van der Waals surface area contributed by atoms with Crippen LogP contribution in [0.1, 0.15) is 23.1 Å². The summed E-state index contributed by atoms with van der Waals surface area (Å²) in [5.41, 5.74) is 0.211. The molecule has 0 bridgehead atoms. The summed E-state index contributed by atoms with van der Waals surface area (Å²) < 4.78 is 1.45. The number of carboxylic acid groups (broad SMARTS) is 1. The maximum atomic E-state index is 11.6. The molecule has 0 unspecified atom stereocenters. The number of hydrogen-bond donors (Lipinski definition) is 1. The van der Waals surface area contributed by atoms with E-state index in [4.69, 9.17) is 16.7 Å². The fourth-order valence-corrected chi connectivity index (χ4v) is 1.83. The molecule has 0 spiro atoms. The predicted molar refractivity (Wildman–Crippen MR) is 71.2 cm³/mol. The third kappa shape index (κ3) is 2.66. The fourth-order valence-electron chi connectivity index (χ4n) is 1.70. The maximum Gasteiger partial charge on any atom is 0.360 e. The van der Waals surface area contributed by atoms with Gasteiger partial charge in [-0.2, -0.15) is 5.10 Å². The Bertz CT molecular complexity index is 677. The number of aromatic carboxylic acids is 1. The molecule has 1 aromatic carbocycles. The third-order valence-electron chi connectivity index (χ3n) is 2.64. The van der Waals surface area contributed by atoms with Gasteiger partial charge in [-0.15, -0.1) is 0 Å². The lowest BCUT2D eigenvalue weighted by Gasteiger charge is -2.11. The Hall–Kier alpha value is -2.14. The summed E-state index contributed by atoms with van der Waals surface area (Å²) in [4.78, 5) is 22.6. The Morgan fingerprint density at radius 2 is 2.00 bits per heavy atom. The first-order chi connectivity index (χ1) is 9.02. The normalized spacial score (nSPS) is 10.4. The van der Waals surface area contributed by atoms with Crippen molar-refractivity contribution in [2.24, 2.45) is 0 Å². The Balaban J connectivity index is 2.67. The van der Waals surface area contributed by atoms with E-state index in [-0.39, 0.29) is 0 Å². The molecular formula is C13H11ClN2O3. The Kier molecular flexibility index (Phi) is 3.66. The number of carbonyl (C=O) groups is 1. The summed E-state index contributed by atoms with van der Waals surface area (Å²) in [6.07, 6.45) is 0.560. The standard InChI is InChI=1S/C13H11ClN2O3/c1-2-9-7-11(17)12(13(18)19)15-16(9)10-5-3-8(14)4-6-10/h3-7H,2H2,1H3,(H,18,19). The van der Waals surface area contributed by atoms with E-state index < -0.39 is 17.1 Å². The number of aryl methyl sites for hydroxylation is 1. The smallest absolute Gasteiger partial charge is 0.360 e. The van der Waals surface area contributed by atoms with Gasteiger partial charge in [0.15, 0.2) is 0 Å². The molecule has 98 valence electrons. The van der Waals surface area contributed by atoms with Gasteiger partial charge in [0, 0.05) is 16.8 Å². The first-order valence-electron chi connectivity index (χ1n) is 5.65. The van der Waals surface area contributed by atoms with E-state index in [1.165, 1.54) is 10.7 Å². The summed E-state index contributed by atoms with van der Waals surface area (Å²) in [5, 5.41) is 13.4. The highest BCUT2D eigenvalue weighted by Gasteiger charge is 2.14. The van der Waals surface area contributed by atoms with Gasteiger partial charge in [-0.3, -0.25) is 4.79 Å². The van der Waals surface area contributed by atoms with Gasteiger partial charge in [0.25, 0.3) is 0 Å². The summed E-state index contributed by atoms with van der Waals surface area (Å²) in [6, 6.07) is 8.08. The van der Waals surface area contributed by atoms with Crippen molar-refractivity contribution in [2.45, 2.75) is 13.3 Å². The first kappa shape index (κ1) is 13.3. The average Bonchev–Trinajstić information content (AvgIpc) is 2.39. The van der Waals surface area contributed by atoms with E-state index in [1.807, 2.05) is 6.92 Å². The molecule has 19 heavy (non-hydrogen) atoms. The van der Waals surface area contributed by atoms with Crippen LogP contribution in [0.4, 0.5) is 0 Å². The highest BCUT2D eigenvalue weighted by molar-refractivity contribution is 6.30. The van der Waals surface area contributed by atoms with Crippen LogP contribution in [0.3, 0.4) is 0 Å². The van der Waals surface area contributed by atoms with Crippen LogP contribution >= 0.6 is 11.6 Å².